The van der Waals surface area contributed by atoms with Crippen LogP contribution in [-0.2, 0) is 0 Å². The highest BCUT2D eigenvalue weighted by Crippen LogP contribution is 2.45. The van der Waals surface area contributed by atoms with E-state index >= 15 is 0 Å². The van der Waals surface area contributed by atoms with Crippen LogP contribution in [0.5, 0.6) is 0 Å². The zero-order chi connectivity index (χ0) is 46.7. The minimum absolute atomic E-state index is 0.358. The lowest BCUT2D eigenvalue weighted by molar-refractivity contribution is 1.17. The van der Waals surface area contributed by atoms with Crippen molar-refractivity contribution < 1.29 is 0 Å². The van der Waals surface area contributed by atoms with Crippen LogP contribution in [0.15, 0.2) is 231 Å². The number of anilines is 6. The molecule has 0 saturated carbocycles. The summed E-state index contributed by atoms with van der Waals surface area (Å²) in [5.41, 5.74) is 13.0. The predicted octanol–water partition coefficient (Wildman–Crippen LogP) is 17.2. The van der Waals surface area contributed by atoms with E-state index in [1.165, 1.54) is 0 Å². The first-order valence-corrected chi connectivity index (χ1v) is 22.3. The largest absolute Gasteiger partial charge is 0.319 e. The molecule has 0 fully saturated rings. The Kier molecular flexibility index (Phi) is 10.9. The third-order valence-electron chi connectivity index (χ3n) is 12.2. The van der Waals surface area contributed by atoms with Gasteiger partial charge in [-0.2, -0.15) is 0 Å². The van der Waals surface area contributed by atoms with E-state index in [0.717, 1.165) is 55.9 Å². The Balaban J connectivity index is 1.13. The lowest BCUT2D eigenvalue weighted by Gasteiger charge is -2.26. The Morgan fingerprint density at radius 3 is 1.25 bits per heavy atom. The van der Waals surface area contributed by atoms with Gasteiger partial charge >= 0.3 is 0 Å². The molecule has 11 rings (SSSR count). The Hall–Kier alpha value is -10.1. The Morgan fingerprint density at radius 1 is 0.348 bits per heavy atom. The first-order valence-electron chi connectivity index (χ1n) is 22.3. The fourth-order valence-electron chi connectivity index (χ4n) is 9.10. The Labute approximate surface area is 400 Å². The van der Waals surface area contributed by atoms with Gasteiger partial charge in [0.1, 0.15) is 5.82 Å². The quantitative estimate of drug-likeness (QED) is 0.128. The smallest absolute Gasteiger partial charge is 0.211 e. The van der Waals surface area contributed by atoms with Crippen LogP contribution in [0.2, 0.25) is 0 Å². The molecule has 0 radical (unpaired) electrons. The van der Waals surface area contributed by atoms with Gasteiger partial charge in [-0.25, -0.2) is 24.5 Å². The lowest BCUT2D eigenvalue weighted by atomic mass is 10.0. The van der Waals surface area contributed by atoms with Crippen LogP contribution in [-0.4, -0.2) is 14.5 Å². The van der Waals surface area contributed by atoms with Gasteiger partial charge < -0.3 is 14.4 Å². The minimum Gasteiger partial charge on any atom is -0.319 e. The van der Waals surface area contributed by atoms with Crippen LogP contribution >= 0.6 is 0 Å². The molecule has 8 nitrogen and oxygen atoms in total. The van der Waals surface area contributed by atoms with Gasteiger partial charge in [-0.3, -0.25) is 0 Å². The summed E-state index contributed by atoms with van der Waals surface area (Å²) < 4.78 is 2.19. The number of rotatable bonds is 10. The molecule has 0 saturated heterocycles. The molecular formula is C61H38N8. The maximum atomic E-state index is 8.68. The van der Waals surface area contributed by atoms with Crippen molar-refractivity contribution in [3.05, 3.63) is 265 Å². The standard InChI is InChI=1S/C61H38N8/c1-62-53-30-18-16-28-49(53)56-41-55(65-61(66-56)50-29-17-19-31-54(50)63-2)42-32-35-60(57(38-42)64-3)69-58-36-33-47(67(43-20-8-4-9-21-43)44-22-10-5-11-23-44)39-51(58)52-40-48(34-37-59(52)69)68(45-24-12-6-13-25-45)46-26-14-7-15-27-46/h4-41H. The Bertz CT molecular complexity index is 3530. The van der Waals surface area contributed by atoms with Crippen LogP contribution < -0.4 is 9.80 Å². The van der Waals surface area contributed by atoms with Gasteiger partial charge in [0.05, 0.1) is 47.8 Å². The van der Waals surface area contributed by atoms with Crippen LogP contribution in [0.25, 0.3) is 75.9 Å². The second kappa shape index (κ2) is 18.1. The van der Waals surface area contributed by atoms with Crippen molar-refractivity contribution in [3.8, 4) is 39.6 Å². The molecule has 0 spiro atoms. The molecule has 2 aromatic heterocycles. The van der Waals surface area contributed by atoms with Crippen molar-refractivity contribution in [1.29, 1.82) is 0 Å². The average Bonchev–Trinajstić information content (AvgIpc) is 3.74. The molecule has 0 N–H and O–H groups in total. The third-order valence-corrected chi connectivity index (χ3v) is 12.2. The highest BCUT2D eigenvalue weighted by Gasteiger charge is 2.22. The zero-order valence-electron chi connectivity index (χ0n) is 37.0. The molecule has 0 aliphatic rings. The summed E-state index contributed by atoms with van der Waals surface area (Å²) in [5.74, 6) is 0.358. The molecule has 0 amide bonds. The first-order chi connectivity index (χ1) is 34.1. The molecular weight excluding hydrogens is 845 g/mol. The van der Waals surface area contributed by atoms with Gasteiger partial charge in [0.2, 0.25) is 5.69 Å². The van der Waals surface area contributed by atoms with E-state index in [4.69, 9.17) is 29.7 Å². The fraction of sp³-hybridized carbons (Fsp3) is 0. The maximum absolute atomic E-state index is 8.68. The molecule has 11 aromatic rings. The molecule has 0 bridgehead atoms. The molecule has 0 unspecified atom stereocenters. The van der Waals surface area contributed by atoms with Gasteiger partial charge in [0.25, 0.3) is 0 Å². The summed E-state index contributed by atoms with van der Waals surface area (Å²) in [7, 11) is 0. The number of fused-ring (bicyclic) bond motifs is 3. The summed E-state index contributed by atoms with van der Waals surface area (Å²) in [4.78, 5) is 26.2. The van der Waals surface area contributed by atoms with Crippen LogP contribution in [0.4, 0.5) is 51.2 Å². The van der Waals surface area contributed by atoms with Gasteiger partial charge in [0, 0.05) is 56.0 Å². The monoisotopic (exact) mass is 882 g/mol. The number of nitrogens with zero attached hydrogens (tertiary/aromatic N) is 8. The molecule has 9 aromatic carbocycles. The molecule has 0 aliphatic heterocycles. The van der Waals surface area contributed by atoms with Crippen molar-refractivity contribution in [3.63, 3.8) is 0 Å². The molecule has 69 heavy (non-hydrogen) atoms. The normalized spacial score (nSPS) is 10.9. The van der Waals surface area contributed by atoms with Gasteiger partial charge in [-0.1, -0.05) is 127 Å². The highest BCUT2D eigenvalue weighted by molar-refractivity contribution is 6.12. The van der Waals surface area contributed by atoms with Crippen LogP contribution in [0.1, 0.15) is 0 Å². The average molecular weight is 883 g/mol. The summed E-state index contributed by atoms with van der Waals surface area (Å²) in [6.45, 7) is 24.5. The number of hydrogen-bond donors (Lipinski definition) is 0. The SMILES string of the molecule is [C-]#[N+]c1ccccc1-c1cc(-c2ccc(-n3c4ccc(N(c5ccccc5)c5ccccc5)cc4c4cc(N(c5ccccc5)c5ccccc5)ccc43)c([N+]#[C-])c2)nc(-c2ccccc2[N+]#[C-])n1. The first kappa shape index (κ1) is 41.6. The molecule has 322 valence electrons. The van der Waals surface area contributed by atoms with E-state index < -0.39 is 0 Å². The lowest BCUT2D eigenvalue weighted by Crippen LogP contribution is -2.09. The van der Waals surface area contributed by atoms with E-state index in [9.17, 15) is 0 Å². The van der Waals surface area contributed by atoms with Crippen molar-refractivity contribution in [2.75, 3.05) is 9.80 Å². The van der Waals surface area contributed by atoms with E-state index in [0.29, 0.717) is 56.7 Å². The molecule has 8 heteroatoms. The third kappa shape index (κ3) is 7.75. The van der Waals surface area contributed by atoms with Gasteiger partial charge in [0.15, 0.2) is 11.4 Å². The second-order valence-electron chi connectivity index (χ2n) is 16.3. The number of hydrogen-bond acceptors (Lipinski definition) is 4. The summed E-state index contributed by atoms with van der Waals surface area (Å²) in [5, 5.41) is 2.04. The van der Waals surface area contributed by atoms with Crippen LogP contribution in [0.3, 0.4) is 0 Å². The highest BCUT2D eigenvalue weighted by atomic mass is 15.2. The predicted molar refractivity (Wildman–Crippen MR) is 281 cm³/mol. The van der Waals surface area contributed by atoms with Gasteiger partial charge in [-0.05, 0) is 109 Å². The Morgan fingerprint density at radius 2 is 0.768 bits per heavy atom. The van der Waals surface area contributed by atoms with Crippen molar-refractivity contribution >= 4 is 73.0 Å². The fourth-order valence-corrected chi connectivity index (χ4v) is 9.10. The van der Waals surface area contributed by atoms with Crippen LogP contribution in [0, 0.1) is 19.7 Å². The number of benzene rings is 9. The molecule has 0 atom stereocenters. The van der Waals surface area contributed by atoms with E-state index in [2.05, 4.69) is 162 Å². The second-order valence-corrected chi connectivity index (χ2v) is 16.3. The topological polar surface area (TPSA) is 50.3 Å². The summed E-state index contributed by atoms with van der Waals surface area (Å²) in [6, 6.07) is 77.0. The summed E-state index contributed by atoms with van der Waals surface area (Å²) in [6.07, 6.45) is 0. The van der Waals surface area contributed by atoms with E-state index in [1.54, 1.807) is 12.1 Å². The maximum Gasteiger partial charge on any atom is 0.211 e. The number of para-hydroxylation sites is 6. The van der Waals surface area contributed by atoms with E-state index in [1.807, 2.05) is 84.9 Å². The minimum atomic E-state index is 0.358. The van der Waals surface area contributed by atoms with Crippen molar-refractivity contribution in [1.82, 2.24) is 14.5 Å². The summed E-state index contributed by atoms with van der Waals surface area (Å²) >= 11 is 0. The molecule has 2 heterocycles. The van der Waals surface area contributed by atoms with E-state index in [-0.39, 0.29) is 0 Å². The molecule has 0 aliphatic carbocycles. The zero-order valence-corrected chi connectivity index (χ0v) is 37.0. The number of aromatic nitrogens is 3. The van der Waals surface area contributed by atoms with Crippen molar-refractivity contribution in [2.45, 2.75) is 0 Å². The van der Waals surface area contributed by atoms with Crippen molar-refractivity contribution in [2.24, 2.45) is 0 Å². The van der Waals surface area contributed by atoms with Gasteiger partial charge in [-0.15, -0.1) is 0 Å².